The largest absolute Gasteiger partial charge is 0.504 e. The van der Waals surface area contributed by atoms with Crippen molar-refractivity contribution in [3.05, 3.63) is 62.6 Å². The van der Waals surface area contributed by atoms with Gasteiger partial charge < -0.3 is 25.8 Å². The van der Waals surface area contributed by atoms with Gasteiger partial charge in [0.1, 0.15) is 5.82 Å². The first-order valence-corrected chi connectivity index (χ1v) is 9.71. The zero-order chi connectivity index (χ0) is 20.4. The number of thiocarbonyl (C=S) groups is 1. The number of halogens is 2. The minimum absolute atomic E-state index is 0.0113. The SMILES string of the molecule is COc1ccc([C@@H]2NC(=S)NC(C)=C2C(=O)Nc2ccc(F)cc2)c(I)c1O. The molecular formula is C19H17FIN3O3S. The van der Waals surface area contributed by atoms with E-state index in [0.717, 1.165) is 0 Å². The molecule has 6 nitrogen and oxygen atoms in total. The van der Waals surface area contributed by atoms with Gasteiger partial charge in [0.25, 0.3) is 5.91 Å². The Morgan fingerprint density at radius 2 is 1.96 bits per heavy atom. The predicted octanol–water partition coefficient (Wildman–Crippen LogP) is 3.58. The van der Waals surface area contributed by atoms with Crippen LogP contribution in [0.1, 0.15) is 18.5 Å². The fourth-order valence-corrected chi connectivity index (χ4v) is 3.94. The number of aromatic hydroxyl groups is 1. The Kier molecular flexibility index (Phi) is 6.04. The number of benzene rings is 2. The van der Waals surface area contributed by atoms with Gasteiger partial charge in [-0.25, -0.2) is 4.39 Å². The Bertz CT molecular complexity index is 979. The zero-order valence-electron chi connectivity index (χ0n) is 15.0. The van der Waals surface area contributed by atoms with Crippen LogP contribution in [0.25, 0.3) is 0 Å². The summed E-state index contributed by atoms with van der Waals surface area (Å²) >= 11 is 7.25. The summed E-state index contributed by atoms with van der Waals surface area (Å²) in [5.41, 5.74) is 2.12. The number of nitrogens with one attached hydrogen (secondary N) is 3. The minimum Gasteiger partial charge on any atom is -0.504 e. The monoisotopic (exact) mass is 513 g/mol. The topological polar surface area (TPSA) is 82.6 Å². The Balaban J connectivity index is 2.00. The summed E-state index contributed by atoms with van der Waals surface area (Å²) in [6, 6.07) is 8.31. The molecule has 28 heavy (non-hydrogen) atoms. The van der Waals surface area contributed by atoms with Gasteiger partial charge in [0.15, 0.2) is 16.6 Å². The number of carbonyl (C=O) groups is 1. The number of allylic oxidation sites excluding steroid dienone is 1. The number of amides is 1. The van der Waals surface area contributed by atoms with E-state index in [1.54, 1.807) is 19.1 Å². The molecule has 146 valence electrons. The quantitative estimate of drug-likeness (QED) is 0.370. The summed E-state index contributed by atoms with van der Waals surface area (Å²) in [5.74, 6) is -0.436. The van der Waals surface area contributed by atoms with Crippen LogP contribution in [0.4, 0.5) is 10.1 Å². The summed E-state index contributed by atoms with van der Waals surface area (Å²) in [7, 11) is 1.47. The van der Waals surface area contributed by atoms with Gasteiger partial charge in [-0.1, -0.05) is 6.07 Å². The summed E-state index contributed by atoms with van der Waals surface area (Å²) in [6.45, 7) is 1.75. The van der Waals surface area contributed by atoms with E-state index >= 15 is 0 Å². The first-order valence-electron chi connectivity index (χ1n) is 8.22. The maximum atomic E-state index is 13.1. The van der Waals surface area contributed by atoms with Gasteiger partial charge in [-0.2, -0.15) is 0 Å². The molecule has 0 radical (unpaired) electrons. The average Bonchev–Trinajstić information content (AvgIpc) is 2.65. The van der Waals surface area contributed by atoms with E-state index < -0.39 is 6.04 Å². The number of anilines is 1. The van der Waals surface area contributed by atoms with Crippen molar-refractivity contribution in [3.8, 4) is 11.5 Å². The van der Waals surface area contributed by atoms with Crippen molar-refractivity contribution in [1.82, 2.24) is 10.6 Å². The Labute approximate surface area is 180 Å². The number of phenolic OH excluding ortho intramolecular Hbond substituents is 1. The van der Waals surface area contributed by atoms with Gasteiger partial charge in [-0.15, -0.1) is 0 Å². The third kappa shape index (κ3) is 4.04. The van der Waals surface area contributed by atoms with Gasteiger partial charge >= 0.3 is 0 Å². The van der Waals surface area contributed by atoms with E-state index in [0.29, 0.717) is 37.0 Å². The average molecular weight is 513 g/mol. The summed E-state index contributed by atoms with van der Waals surface area (Å²) < 4.78 is 18.8. The zero-order valence-corrected chi connectivity index (χ0v) is 17.9. The third-order valence-electron chi connectivity index (χ3n) is 4.26. The van der Waals surface area contributed by atoms with Crippen LogP contribution in [-0.4, -0.2) is 23.2 Å². The van der Waals surface area contributed by atoms with E-state index in [9.17, 15) is 14.3 Å². The normalized spacial score (nSPS) is 16.3. The van der Waals surface area contributed by atoms with Crippen LogP contribution in [0.2, 0.25) is 0 Å². The van der Waals surface area contributed by atoms with Gasteiger partial charge in [0.2, 0.25) is 0 Å². The Morgan fingerprint density at radius 3 is 2.61 bits per heavy atom. The molecule has 1 amide bonds. The van der Waals surface area contributed by atoms with E-state index in [1.807, 2.05) is 22.6 Å². The van der Waals surface area contributed by atoms with Gasteiger partial charge in [0.05, 0.1) is 22.3 Å². The molecule has 9 heteroatoms. The lowest BCUT2D eigenvalue weighted by Gasteiger charge is -2.31. The fourth-order valence-electron chi connectivity index (χ4n) is 2.91. The molecule has 1 heterocycles. The van der Waals surface area contributed by atoms with Crippen LogP contribution in [-0.2, 0) is 4.79 Å². The number of methoxy groups -OCH3 is 1. The molecule has 0 aliphatic carbocycles. The lowest BCUT2D eigenvalue weighted by molar-refractivity contribution is -0.113. The number of carbonyl (C=O) groups excluding carboxylic acids is 1. The van der Waals surface area contributed by atoms with Crippen LogP contribution in [0.15, 0.2) is 47.7 Å². The molecule has 0 spiro atoms. The highest BCUT2D eigenvalue weighted by molar-refractivity contribution is 14.1. The molecule has 0 saturated heterocycles. The number of phenols is 1. The van der Waals surface area contributed by atoms with Crippen LogP contribution in [0.5, 0.6) is 11.5 Å². The first kappa shape index (κ1) is 20.3. The number of rotatable bonds is 4. The lowest BCUT2D eigenvalue weighted by atomic mass is 9.94. The highest BCUT2D eigenvalue weighted by atomic mass is 127. The summed E-state index contributed by atoms with van der Waals surface area (Å²) in [4.78, 5) is 13.0. The van der Waals surface area contributed by atoms with Gasteiger partial charge in [0, 0.05) is 11.4 Å². The van der Waals surface area contributed by atoms with Crippen molar-refractivity contribution in [2.75, 3.05) is 12.4 Å². The van der Waals surface area contributed by atoms with E-state index in [1.165, 1.54) is 31.4 Å². The lowest BCUT2D eigenvalue weighted by Crippen LogP contribution is -2.46. The van der Waals surface area contributed by atoms with Crippen molar-refractivity contribution in [3.63, 3.8) is 0 Å². The maximum absolute atomic E-state index is 13.1. The van der Waals surface area contributed by atoms with E-state index in [-0.39, 0.29) is 17.5 Å². The second-order valence-electron chi connectivity index (χ2n) is 6.05. The minimum atomic E-state index is -0.585. The molecular weight excluding hydrogens is 496 g/mol. The molecule has 2 aromatic carbocycles. The van der Waals surface area contributed by atoms with E-state index in [4.69, 9.17) is 17.0 Å². The first-order chi connectivity index (χ1) is 13.3. The van der Waals surface area contributed by atoms with Crippen molar-refractivity contribution < 1.29 is 19.0 Å². The molecule has 3 rings (SSSR count). The number of hydrogen-bond donors (Lipinski definition) is 4. The van der Waals surface area contributed by atoms with Crippen molar-refractivity contribution in [1.29, 1.82) is 0 Å². The molecule has 2 aromatic rings. The van der Waals surface area contributed by atoms with Crippen molar-refractivity contribution >= 4 is 51.5 Å². The second kappa shape index (κ2) is 8.31. The highest BCUT2D eigenvalue weighted by Crippen LogP contribution is 2.39. The summed E-state index contributed by atoms with van der Waals surface area (Å²) in [5, 5.41) is 19.5. The Morgan fingerprint density at radius 1 is 1.29 bits per heavy atom. The smallest absolute Gasteiger partial charge is 0.255 e. The maximum Gasteiger partial charge on any atom is 0.255 e. The van der Waals surface area contributed by atoms with Crippen molar-refractivity contribution in [2.24, 2.45) is 0 Å². The molecule has 4 N–H and O–H groups in total. The van der Waals surface area contributed by atoms with Crippen LogP contribution in [0, 0.1) is 9.39 Å². The number of hydrogen-bond acceptors (Lipinski definition) is 4. The van der Waals surface area contributed by atoms with Crippen LogP contribution >= 0.6 is 34.8 Å². The molecule has 0 fully saturated rings. The van der Waals surface area contributed by atoms with E-state index in [2.05, 4.69) is 16.0 Å². The number of ether oxygens (including phenoxy) is 1. The molecule has 0 bridgehead atoms. The third-order valence-corrected chi connectivity index (χ3v) is 5.61. The summed E-state index contributed by atoms with van der Waals surface area (Å²) in [6.07, 6.45) is 0. The highest BCUT2D eigenvalue weighted by Gasteiger charge is 2.32. The van der Waals surface area contributed by atoms with Crippen LogP contribution < -0.4 is 20.7 Å². The van der Waals surface area contributed by atoms with Gasteiger partial charge in [-0.05, 0) is 77.6 Å². The second-order valence-corrected chi connectivity index (χ2v) is 7.54. The molecule has 0 unspecified atom stereocenters. The fraction of sp³-hybridized carbons (Fsp3) is 0.158. The molecule has 1 aliphatic heterocycles. The molecule has 0 aromatic heterocycles. The standard InChI is InChI=1S/C19H17FIN3O3S/c1-9-14(18(26)23-11-5-3-10(20)4-6-11)16(24-19(28)22-9)12-7-8-13(27-2)17(25)15(12)21/h3-8,16,25H,1-2H3,(H,23,26)(H2,22,24,28)/t16-/m0/s1. The van der Waals surface area contributed by atoms with Crippen molar-refractivity contribution in [2.45, 2.75) is 13.0 Å². The Hall–Kier alpha value is -2.40. The molecule has 0 saturated carbocycles. The predicted molar refractivity (Wildman–Crippen MR) is 117 cm³/mol. The van der Waals surface area contributed by atoms with Gasteiger partial charge in [-0.3, -0.25) is 4.79 Å². The van der Waals surface area contributed by atoms with Crippen LogP contribution in [0.3, 0.4) is 0 Å². The molecule has 1 aliphatic rings. The molecule has 1 atom stereocenters.